The van der Waals surface area contributed by atoms with Crippen molar-refractivity contribution in [1.29, 1.82) is 0 Å². The van der Waals surface area contributed by atoms with Crippen molar-refractivity contribution < 1.29 is 46.8 Å². The average Bonchev–Trinajstić information content (AvgIpc) is 2.86. The van der Waals surface area contributed by atoms with Crippen molar-refractivity contribution in [3.05, 3.63) is 57.6 Å². The van der Waals surface area contributed by atoms with E-state index in [4.69, 9.17) is 19.8 Å². The Bertz CT molecular complexity index is 1020. The van der Waals surface area contributed by atoms with Gasteiger partial charge < -0.3 is 30.0 Å². The van der Waals surface area contributed by atoms with Crippen LogP contribution in [0, 0.1) is 0 Å². The van der Waals surface area contributed by atoms with Gasteiger partial charge in [-0.15, -0.1) is 0 Å². The largest absolute Gasteiger partial charge is 2.00 e. The molecule has 8 nitrogen and oxygen atoms in total. The topological polar surface area (TPSA) is 145 Å². The molecule has 0 unspecified atom stereocenters. The van der Waals surface area contributed by atoms with Gasteiger partial charge in [0.1, 0.15) is 11.5 Å². The van der Waals surface area contributed by atoms with E-state index in [1.54, 1.807) is 12.4 Å². The van der Waals surface area contributed by atoms with Crippen LogP contribution in [0.1, 0.15) is 101 Å². The summed E-state index contributed by atoms with van der Waals surface area (Å²) in [6.07, 6.45) is 11.4. The second-order valence-electron chi connectivity index (χ2n) is 9.44. The van der Waals surface area contributed by atoms with Crippen molar-refractivity contribution in [3.63, 3.8) is 0 Å². The summed E-state index contributed by atoms with van der Waals surface area (Å²) in [5.41, 5.74) is 6.08. The van der Waals surface area contributed by atoms with Crippen LogP contribution in [0.3, 0.4) is 0 Å². The summed E-state index contributed by atoms with van der Waals surface area (Å²) in [4.78, 5) is 26.8. The summed E-state index contributed by atoms with van der Waals surface area (Å²) in [6, 6.07) is 8.32. The number of aliphatic imine (C=N–C) groups is 2. The van der Waals surface area contributed by atoms with Gasteiger partial charge in [-0.3, -0.25) is 9.98 Å². The third-order valence-corrected chi connectivity index (χ3v) is 5.49. The number of carbonyl (C=O) groups excluding carboxylic acids is 2. The molecule has 0 atom stereocenters. The molecule has 2 rings (SSSR count). The number of carboxylic acids is 2. The molecule has 2 aromatic rings. The Hall–Kier alpha value is -3.17. The first kappa shape index (κ1) is 40.0. The number of aromatic hydroxyl groups is 2. The Morgan fingerprint density at radius 2 is 0.951 bits per heavy atom. The van der Waals surface area contributed by atoms with Gasteiger partial charge in [0.2, 0.25) is 0 Å². The van der Waals surface area contributed by atoms with E-state index in [1.807, 2.05) is 12.1 Å². The summed E-state index contributed by atoms with van der Waals surface area (Å²) in [7, 11) is 0. The Labute approximate surface area is 255 Å². The van der Waals surface area contributed by atoms with Crippen molar-refractivity contribution in [3.8, 4) is 11.5 Å². The molecule has 2 N–H and O–H groups in total. The Morgan fingerprint density at radius 3 is 1.22 bits per heavy atom. The summed E-state index contributed by atoms with van der Waals surface area (Å²) in [6.45, 7) is 11.6. The normalized spacial score (nSPS) is 10.4. The maximum atomic E-state index is 10.6. The zero-order valence-corrected chi connectivity index (χ0v) is 26.3. The number of phenolic OH excluding ortho intramolecular Hbond substituents is 2. The smallest absolute Gasteiger partial charge is 0.550 e. The zero-order chi connectivity index (χ0) is 30.5. The summed E-state index contributed by atoms with van der Waals surface area (Å²) < 4.78 is 0. The van der Waals surface area contributed by atoms with E-state index in [2.05, 4.69) is 49.8 Å². The number of phenols is 2. The van der Waals surface area contributed by atoms with Gasteiger partial charge in [-0.2, -0.15) is 0 Å². The van der Waals surface area contributed by atoms with Crippen LogP contribution < -0.4 is 10.2 Å². The molecule has 0 aliphatic heterocycles. The molecule has 0 aromatic heterocycles. The predicted octanol–water partition coefficient (Wildman–Crippen LogP) is 3.96. The van der Waals surface area contributed by atoms with Gasteiger partial charge in [-0.05, 0) is 73.9 Å². The number of benzene rings is 2. The first-order valence-electron chi connectivity index (χ1n) is 14.0. The minimum atomic E-state index is -1.08. The molecule has 0 spiro atoms. The number of nitrogens with zero attached hydrogens (tertiary/aromatic N) is 2. The van der Waals surface area contributed by atoms with Crippen LogP contribution in [0.5, 0.6) is 11.5 Å². The number of carbonyl (C=O) groups is 2. The van der Waals surface area contributed by atoms with Crippen LogP contribution >= 0.6 is 0 Å². The van der Waals surface area contributed by atoms with Gasteiger partial charge in [0.25, 0.3) is 0 Å². The van der Waals surface area contributed by atoms with E-state index in [9.17, 15) is 10.2 Å². The van der Waals surface area contributed by atoms with Gasteiger partial charge in [0, 0.05) is 35.5 Å². The number of hydrogen-bond acceptors (Lipinski definition) is 8. The summed E-state index contributed by atoms with van der Waals surface area (Å²) >= 11 is 0. The molecule has 0 saturated heterocycles. The van der Waals surface area contributed by atoms with Crippen molar-refractivity contribution in [2.75, 3.05) is 13.1 Å². The average molecular weight is 614 g/mol. The Balaban J connectivity index is 0. The van der Waals surface area contributed by atoms with Gasteiger partial charge in [-0.25, -0.2) is 0 Å². The minimum absolute atomic E-state index is 0. The van der Waals surface area contributed by atoms with Crippen LogP contribution in [0.15, 0.2) is 34.3 Å². The summed E-state index contributed by atoms with van der Waals surface area (Å²) in [5, 5.41) is 38.9. The number of aryl methyl sites for hydroxylation is 4. The molecule has 41 heavy (non-hydrogen) atoms. The fourth-order valence-electron chi connectivity index (χ4n) is 4.00. The number of carboxylic acid groups (broad SMARTS) is 2. The van der Waals surface area contributed by atoms with Gasteiger partial charge in [-0.1, -0.05) is 65.5 Å². The molecule has 9 heteroatoms. The number of aliphatic carboxylic acids is 2. The molecule has 2 aromatic carbocycles. The molecule has 0 saturated carbocycles. The molecular formula is C32H46CoN2O6. The maximum Gasteiger partial charge on any atom is 2.00 e. The first-order valence-corrected chi connectivity index (χ1v) is 14.0. The van der Waals surface area contributed by atoms with Crippen LogP contribution in [0.2, 0.25) is 0 Å². The Morgan fingerprint density at radius 1 is 0.659 bits per heavy atom. The molecule has 0 bridgehead atoms. The van der Waals surface area contributed by atoms with Gasteiger partial charge in [0.15, 0.2) is 0 Å². The van der Waals surface area contributed by atoms with E-state index in [0.29, 0.717) is 24.6 Å². The molecule has 0 aliphatic carbocycles. The van der Waals surface area contributed by atoms with Crippen LogP contribution in [-0.4, -0.2) is 47.7 Å². The maximum absolute atomic E-state index is 10.6. The van der Waals surface area contributed by atoms with Crippen molar-refractivity contribution in [2.45, 2.75) is 92.9 Å². The number of rotatable bonds is 13. The van der Waals surface area contributed by atoms with Gasteiger partial charge in [0.05, 0.1) is 13.1 Å². The van der Waals surface area contributed by atoms with Crippen molar-refractivity contribution in [1.82, 2.24) is 0 Å². The van der Waals surface area contributed by atoms with E-state index in [0.717, 1.165) is 87.5 Å². The van der Waals surface area contributed by atoms with E-state index >= 15 is 0 Å². The molecule has 229 valence electrons. The SMILES string of the molecule is CC(=O)[O-].CC(=O)[O-].CCCc1cc(C=NCCN=Cc2cc(CCC)cc(CCC)c2O)c(O)c(CCC)c1.[Co+2]. The zero-order valence-electron chi connectivity index (χ0n) is 25.3. The number of hydrogen-bond donors (Lipinski definition) is 2. The first-order chi connectivity index (χ1) is 19.0. The fraction of sp³-hybridized carbons (Fsp3) is 0.500. The quantitative estimate of drug-likeness (QED) is 0.259. The van der Waals surface area contributed by atoms with Crippen LogP contribution in [0.4, 0.5) is 0 Å². The molecule has 0 amide bonds. The summed E-state index contributed by atoms with van der Waals surface area (Å²) in [5.74, 6) is -1.47. The second kappa shape index (κ2) is 23.5. The minimum Gasteiger partial charge on any atom is -0.550 e. The Kier molecular flexibility index (Phi) is 22.9. The van der Waals surface area contributed by atoms with E-state index in [1.165, 1.54) is 11.1 Å². The third kappa shape index (κ3) is 18.0. The monoisotopic (exact) mass is 613 g/mol. The van der Waals surface area contributed by atoms with Crippen molar-refractivity contribution >= 4 is 24.4 Å². The predicted molar refractivity (Wildman–Crippen MR) is 158 cm³/mol. The third-order valence-electron chi connectivity index (χ3n) is 5.49. The van der Waals surface area contributed by atoms with Crippen molar-refractivity contribution in [2.24, 2.45) is 9.98 Å². The second-order valence-corrected chi connectivity index (χ2v) is 9.44. The van der Waals surface area contributed by atoms with Crippen LogP contribution in [0.25, 0.3) is 0 Å². The fourth-order valence-corrected chi connectivity index (χ4v) is 4.00. The van der Waals surface area contributed by atoms with E-state index < -0.39 is 11.9 Å². The molecular weight excluding hydrogens is 567 g/mol. The molecule has 0 aliphatic rings. The standard InChI is InChI=1S/C28H40N2O2.2C2H4O2.Co/c1-5-9-21-15-23(11-7-3)27(31)25(17-21)19-29-13-14-30-20-26-18-22(10-6-2)16-24(12-8-4)28(26)32;2*1-2(3)4;/h15-20,31-32H,5-14H2,1-4H3;2*1H3,(H,3,4);/q;;;+2/p-2. The van der Waals surface area contributed by atoms with E-state index in [-0.39, 0.29) is 16.8 Å². The van der Waals surface area contributed by atoms with Crippen LogP contribution in [-0.2, 0) is 52.1 Å². The molecule has 1 radical (unpaired) electrons. The molecule has 0 fully saturated rings. The molecule has 0 heterocycles. The van der Waals surface area contributed by atoms with Gasteiger partial charge >= 0.3 is 16.8 Å².